The van der Waals surface area contributed by atoms with Crippen molar-refractivity contribution in [3.8, 4) is 0 Å². The van der Waals surface area contributed by atoms with Gasteiger partial charge in [-0.3, -0.25) is 4.90 Å². The maximum atomic E-state index is 12.4. The van der Waals surface area contributed by atoms with E-state index in [9.17, 15) is 4.79 Å². The molecule has 0 bridgehead atoms. The number of nitrogens with zero attached hydrogens (tertiary/aromatic N) is 2. The molecule has 0 unspecified atom stereocenters. The van der Waals surface area contributed by atoms with Crippen molar-refractivity contribution in [2.24, 2.45) is 11.8 Å². The molecule has 30 heavy (non-hydrogen) atoms. The lowest BCUT2D eigenvalue weighted by Gasteiger charge is -2.37. The van der Waals surface area contributed by atoms with Gasteiger partial charge in [-0.2, -0.15) is 0 Å². The Hall–Kier alpha value is -1.26. The summed E-state index contributed by atoms with van der Waals surface area (Å²) in [5.74, 6) is 1.47. The molecule has 0 radical (unpaired) electrons. The molecule has 5 heteroatoms. The van der Waals surface area contributed by atoms with Crippen molar-refractivity contribution in [1.29, 1.82) is 0 Å². The summed E-state index contributed by atoms with van der Waals surface area (Å²) in [6.07, 6.45) is 8.85. The molecule has 0 spiro atoms. The van der Waals surface area contributed by atoms with Gasteiger partial charge in [-0.25, -0.2) is 4.79 Å². The zero-order valence-electron chi connectivity index (χ0n) is 19.0. The molecule has 1 aromatic carbocycles. The number of ether oxygens (including phenoxy) is 1. The fourth-order valence-corrected chi connectivity index (χ4v) is 4.90. The first-order chi connectivity index (χ1) is 14.3. The molecule has 168 valence electrons. The van der Waals surface area contributed by atoms with E-state index in [1.54, 1.807) is 0 Å². The van der Waals surface area contributed by atoms with E-state index >= 15 is 0 Å². The predicted molar refractivity (Wildman–Crippen MR) is 124 cm³/mol. The van der Waals surface area contributed by atoms with Gasteiger partial charge in [-0.05, 0) is 76.0 Å². The summed E-state index contributed by atoms with van der Waals surface area (Å²) in [5, 5.41) is 0.798. The van der Waals surface area contributed by atoms with Gasteiger partial charge in [0.2, 0.25) is 0 Å². The number of hydrogen-bond acceptors (Lipinski definition) is 3. The molecule has 4 nitrogen and oxygen atoms in total. The maximum Gasteiger partial charge on any atom is 0.410 e. The Bertz CT molecular complexity index is 657. The maximum absolute atomic E-state index is 12.4. The molecule has 2 fully saturated rings. The Labute approximate surface area is 187 Å². The quantitative estimate of drug-likeness (QED) is 0.521. The van der Waals surface area contributed by atoms with Crippen LogP contribution in [0.5, 0.6) is 0 Å². The Morgan fingerprint density at radius 2 is 1.57 bits per heavy atom. The van der Waals surface area contributed by atoms with Crippen LogP contribution in [0.15, 0.2) is 24.3 Å². The van der Waals surface area contributed by atoms with E-state index in [4.69, 9.17) is 16.3 Å². The standard InChI is InChI=1S/C25H39ClN2O2/c1-25(2,3)30-24(29)28-15-13-22(14-16-28)19-27(17-20-7-5-4-6-8-20)18-21-9-11-23(26)12-10-21/h9-12,20,22H,4-8,13-19H2,1-3H3. The van der Waals surface area contributed by atoms with E-state index in [2.05, 4.69) is 17.0 Å². The molecule has 1 aliphatic carbocycles. The van der Waals surface area contributed by atoms with Crippen LogP contribution in [0.25, 0.3) is 0 Å². The minimum absolute atomic E-state index is 0.166. The van der Waals surface area contributed by atoms with E-state index in [0.29, 0.717) is 5.92 Å². The molecule has 0 aromatic heterocycles. The molecular formula is C25H39ClN2O2. The third-order valence-electron chi connectivity index (χ3n) is 6.34. The summed E-state index contributed by atoms with van der Waals surface area (Å²) in [6.45, 7) is 10.7. The smallest absolute Gasteiger partial charge is 0.410 e. The molecule has 1 amide bonds. The van der Waals surface area contributed by atoms with Gasteiger partial charge in [0, 0.05) is 37.7 Å². The lowest BCUT2D eigenvalue weighted by Crippen LogP contribution is -2.44. The number of carbonyl (C=O) groups excluding carboxylic acids is 1. The number of piperidine rings is 1. The zero-order chi connectivity index (χ0) is 21.6. The third kappa shape index (κ3) is 7.77. The minimum atomic E-state index is -0.427. The number of benzene rings is 1. The van der Waals surface area contributed by atoms with E-state index in [-0.39, 0.29) is 6.09 Å². The SMILES string of the molecule is CC(C)(C)OC(=O)N1CCC(CN(Cc2ccc(Cl)cc2)CC2CCCCC2)CC1. The highest BCUT2D eigenvalue weighted by Crippen LogP contribution is 2.27. The van der Waals surface area contributed by atoms with Crippen LogP contribution >= 0.6 is 11.6 Å². The topological polar surface area (TPSA) is 32.8 Å². The summed E-state index contributed by atoms with van der Waals surface area (Å²) in [7, 11) is 0. The van der Waals surface area contributed by atoms with Gasteiger partial charge in [0.05, 0.1) is 0 Å². The van der Waals surface area contributed by atoms with Crippen LogP contribution in [-0.4, -0.2) is 47.7 Å². The van der Waals surface area contributed by atoms with Crippen molar-refractivity contribution >= 4 is 17.7 Å². The Morgan fingerprint density at radius 1 is 1.00 bits per heavy atom. The molecular weight excluding hydrogens is 396 g/mol. The van der Waals surface area contributed by atoms with Crippen molar-refractivity contribution in [3.63, 3.8) is 0 Å². The van der Waals surface area contributed by atoms with Crippen LogP contribution in [0, 0.1) is 11.8 Å². The first kappa shape index (κ1) is 23.4. The fraction of sp³-hybridized carbons (Fsp3) is 0.720. The fourth-order valence-electron chi connectivity index (χ4n) is 4.78. The molecule has 3 rings (SSSR count). The lowest BCUT2D eigenvalue weighted by atomic mass is 9.88. The first-order valence-corrected chi connectivity index (χ1v) is 12.1. The molecule has 0 atom stereocenters. The third-order valence-corrected chi connectivity index (χ3v) is 6.60. The number of amides is 1. The minimum Gasteiger partial charge on any atom is -0.444 e. The van der Waals surface area contributed by atoms with Gasteiger partial charge < -0.3 is 9.64 Å². The molecule has 1 aromatic rings. The van der Waals surface area contributed by atoms with Crippen LogP contribution in [0.2, 0.25) is 5.02 Å². The number of likely N-dealkylation sites (tertiary alicyclic amines) is 1. The Morgan fingerprint density at radius 3 is 2.13 bits per heavy atom. The Kier molecular flexibility index (Phi) is 8.47. The van der Waals surface area contributed by atoms with Crippen molar-refractivity contribution in [3.05, 3.63) is 34.9 Å². The summed E-state index contributed by atoms with van der Waals surface area (Å²) >= 11 is 6.08. The molecule has 1 heterocycles. The van der Waals surface area contributed by atoms with Crippen LogP contribution in [-0.2, 0) is 11.3 Å². The average molecular weight is 435 g/mol. The van der Waals surface area contributed by atoms with Crippen molar-refractivity contribution in [2.45, 2.75) is 77.9 Å². The predicted octanol–water partition coefficient (Wildman–Crippen LogP) is 6.37. The van der Waals surface area contributed by atoms with Crippen molar-refractivity contribution < 1.29 is 9.53 Å². The highest BCUT2D eigenvalue weighted by Gasteiger charge is 2.28. The van der Waals surface area contributed by atoms with Gasteiger partial charge >= 0.3 is 6.09 Å². The molecule has 2 aliphatic rings. The molecule has 1 saturated heterocycles. The number of halogens is 1. The summed E-state index contributed by atoms with van der Waals surface area (Å²) in [6, 6.07) is 8.30. The van der Waals surface area contributed by atoms with Gasteiger partial charge in [0.15, 0.2) is 0 Å². The van der Waals surface area contributed by atoms with Crippen molar-refractivity contribution in [1.82, 2.24) is 9.80 Å². The number of carbonyl (C=O) groups is 1. The number of hydrogen-bond donors (Lipinski definition) is 0. The molecule has 1 aliphatic heterocycles. The first-order valence-electron chi connectivity index (χ1n) is 11.7. The monoisotopic (exact) mass is 434 g/mol. The number of rotatable bonds is 6. The summed E-state index contributed by atoms with van der Waals surface area (Å²) in [5.41, 5.74) is 0.907. The summed E-state index contributed by atoms with van der Waals surface area (Å²) < 4.78 is 5.55. The van der Waals surface area contributed by atoms with E-state index in [1.165, 1.54) is 44.2 Å². The Balaban J connectivity index is 1.54. The zero-order valence-corrected chi connectivity index (χ0v) is 19.8. The highest BCUT2D eigenvalue weighted by molar-refractivity contribution is 6.30. The average Bonchev–Trinajstić information content (AvgIpc) is 2.70. The van der Waals surface area contributed by atoms with Crippen molar-refractivity contribution in [2.75, 3.05) is 26.2 Å². The van der Waals surface area contributed by atoms with E-state index < -0.39 is 5.60 Å². The summed E-state index contributed by atoms with van der Waals surface area (Å²) in [4.78, 5) is 16.9. The highest BCUT2D eigenvalue weighted by atomic mass is 35.5. The normalized spacial score (nSPS) is 19.3. The van der Waals surface area contributed by atoms with Crippen LogP contribution < -0.4 is 0 Å². The second kappa shape index (κ2) is 10.9. The second-order valence-electron chi connectivity index (χ2n) is 10.2. The lowest BCUT2D eigenvalue weighted by molar-refractivity contribution is 0.0165. The van der Waals surface area contributed by atoms with E-state index in [0.717, 1.165) is 50.0 Å². The van der Waals surface area contributed by atoms with E-state index in [1.807, 2.05) is 37.8 Å². The van der Waals surface area contributed by atoms with Gasteiger partial charge in [0.1, 0.15) is 5.60 Å². The van der Waals surface area contributed by atoms with Gasteiger partial charge in [-0.15, -0.1) is 0 Å². The van der Waals surface area contributed by atoms with Crippen LogP contribution in [0.3, 0.4) is 0 Å². The van der Waals surface area contributed by atoms with Crippen LogP contribution in [0.4, 0.5) is 4.79 Å². The van der Waals surface area contributed by atoms with Gasteiger partial charge in [-0.1, -0.05) is 43.0 Å². The van der Waals surface area contributed by atoms with Crippen LogP contribution in [0.1, 0.15) is 71.3 Å². The molecule has 1 saturated carbocycles. The second-order valence-corrected chi connectivity index (χ2v) is 10.7. The molecule has 0 N–H and O–H groups in total. The van der Waals surface area contributed by atoms with Gasteiger partial charge in [0.25, 0.3) is 0 Å². The largest absolute Gasteiger partial charge is 0.444 e.